The fraction of sp³-hybridized carbons (Fsp3) is 0. The maximum atomic E-state index is 12.7. The van der Waals surface area contributed by atoms with Crippen molar-refractivity contribution < 1.29 is 9.59 Å². The van der Waals surface area contributed by atoms with Gasteiger partial charge in [-0.25, -0.2) is 0 Å². The fourth-order valence-corrected chi connectivity index (χ4v) is 4.28. The van der Waals surface area contributed by atoms with Crippen LogP contribution in [0.3, 0.4) is 0 Å². The number of fused-ring (bicyclic) bond motifs is 1. The molecule has 0 aliphatic heterocycles. The number of hydrogen-bond donors (Lipinski definition) is 2. The van der Waals surface area contributed by atoms with Gasteiger partial charge in [0.2, 0.25) is 0 Å². The molecule has 4 nitrogen and oxygen atoms in total. The van der Waals surface area contributed by atoms with Crippen molar-refractivity contribution in [1.82, 2.24) is 0 Å². The molecule has 0 fully saturated rings. The summed E-state index contributed by atoms with van der Waals surface area (Å²) in [7, 11) is 0. The van der Waals surface area contributed by atoms with Gasteiger partial charge >= 0.3 is 0 Å². The van der Waals surface area contributed by atoms with Crippen LogP contribution in [0.4, 0.5) is 11.4 Å². The Bertz CT molecular complexity index is 1140. The molecule has 0 spiro atoms. The minimum absolute atomic E-state index is 0.204. The minimum Gasteiger partial charge on any atom is -0.321 e. The van der Waals surface area contributed by atoms with E-state index in [9.17, 15) is 9.59 Å². The monoisotopic (exact) mass is 522 g/mol. The van der Waals surface area contributed by atoms with Crippen molar-refractivity contribution in [1.29, 1.82) is 0 Å². The van der Waals surface area contributed by atoms with Gasteiger partial charge in [0.1, 0.15) is 0 Å². The van der Waals surface area contributed by atoms with E-state index in [1.165, 1.54) is 0 Å². The fourth-order valence-electron chi connectivity index (χ4n) is 3.19. The van der Waals surface area contributed by atoms with E-state index in [2.05, 4.69) is 42.5 Å². The zero-order valence-corrected chi connectivity index (χ0v) is 18.8. The summed E-state index contributed by atoms with van der Waals surface area (Å²) in [5.74, 6) is -0.408. The smallest absolute Gasteiger partial charge is 0.255 e. The van der Waals surface area contributed by atoms with Crippen LogP contribution in [0, 0.1) is 0 Å². The molecule has 0 heterocycles. The molecule has 6 heteroatoms. The van der Waals surface area contributed by atoms with E-state index < -0.39 is 0 Å². The second-order valence-electron chi connectivity index (χ2n) is 6.58. The number of nitrogens with one attached hydrogen (secondary N) is 2. The molecule has 30 heavy (non-hydrogen) atoms. The second kappa shape index (κ2) is 8.81. The van der Waals surface area contributed by atoms with Crippen LogP contribution in [0.2, 0.25) is 0 Å². The highest BCUT2D eigenvalue weighted by molar-refractivity contribution is 9.11. The molecule has 0 saturated heterocycles. The normalized spacial score (nSPS) is 10.6. The zero-order chi connectivity index (χ0) is 21.1. The summed E-state index contributed by atoms with van der Waals surface area (Å²) in [6.45, 7) is 0. The summed E-state index contributed by atoms with van der Waals surface area (Å²) in [6, 6.07) is 25.4. The van der Waals surface area contributed by atoms with E-state index in [1.54, 1.807) is 24.3 Å². The van der Waals surface area contributed by atoms with Crippen molar-refractivity contribution in [2.75, 3.05) is 10.6 Å². The third-order valence-electron chi connectivity index (χ3n) is 4.63. The number of benzene rings is 4. The van der Waals surface area contributed by atoms with Gasteiger partial charge in [-0.05, 0) is 48.5 Å². The summed E-state index contributed by atoms with van der Waals surface area (Å²) in [4.78, 5) is 25.4. The van der Waals surface area contributed by atoms with Crippen molar-refractivity contribution in [2.24, 2.45) is 0 Å². The minimum atomic E-state index is -0.204. The number of anilines is 2. The lowest BCUT2D eigenvalue weighted by molar-refractivity contribution is 0.101. The molecule has 4 aromatic rings. The van der Waals surface area contributed by atoms with E-state index in [-0.39, 0.29) is 11.8 Å². The maximum absolute atomic E-state index is 12.7. The van der Waals surface area contributed by atoms with Gasteiger partial charge in [0.25, 0.3) is 11.8 Å². The third kappa shape index (κ3) is 4.15. The van der Waals surface area contributed by atoms with Gasteiger partial charge in [0, 0.05) is 30.8 Å². The lowest BCUT2D eigenvalue weighted by Crippen LogP contribution is -2.13. The molecule has 0 radical (unpaired) electrons. The highest BCUT2D eigenvalue weighted by Gasteiger charge is 2.16. The topological polar surface area (TPSA) is 58.2 Å². The summed E-state index contributed by atoms with van der Waals surface area (Å²) in [5.41, 5.74) is 2.42. The summed E-state index contributed by atoms with van der Waals surface area (Å²) < 4.78 is 1.61. The van der Waals surface area contributed by atoms with Gasteiger partial charge in [-0.1, -0.05) is 68.3 Å². The van der Waals surface area contributed by atoms with E-state index in [1.807, 2.05) is 60.7 Å². The Morgan fingerprint density at radius 1 is 0.533 bits per heavy atom. The highest BCUT2D eigenvalue weighted by Crippen LogP contribution is 2.40. The van der Waals surface area contributed by atoms with Crippen LogP contribution in [0.5, 0.6) is 0 Å². The van der Waals surface area contributed by atoms with Gasteiger partial charge in [-0.15, -0.1) is 0 Å². The van der Waals surface area contributed by atoms with Crippen molar-refractivity contribution >= 4 is 65.8 Å². The van der Waals surface area contributed by atoms with E-state index in [4.69, 9.17) is 0 Å². The third-order valence-corrected chi connectivity index (χ3v) is 5.95. The lowest BCUT2D eigenvalue weighted by Gasteiger charge is -2.16. The molecule has 148 valence electrons. The SMILES string of the molecule is O=C(Nc1ccc(Br)c2c(NC(=O)c3ccccc3)ccc(Br)c12)c1ccccc1. The van der Waals surface area contributed by atoms with E-state index >= 15 is 0 Å². The molecule has 0 aromatic heterocycles. The maximum Gasteiger partial charge on any atom is 0.255 e. The highest BCUT2D eigenvalue weighted by atomic mass is 79.9. The molecule has 0 aliphatic carbocycles. The predicted molar refractivity (Wildman–Crippen MR) is 128 cm³/mol. The summed E-state index contributed by atoms with van der Waals surface area (Å²) >= 11 is 7.18. The van der Waals surface area contributed by atoms with Crippen LogP contribution in [-0.4, -0.2) is 11.8 Å². The molecular weight excluding hydrogens is 508 g/mol. The first kappa shape index (κ1) is 20.3. The molecule has 2 amide bonds. The summed E-state index contributed by atoms with van der Waals surface area (Å²) in [5, 5.41) is 7.54. The van der Waals surface area contributed by atoms with Gasteiger partial charge in [0.05, 0.1) is 11.4 Å². The first-order valence-corrected chi connectivity index (χ1v) is 10.8. The van der Waals surface area contributed by atoms with Crippen LogP contribution >= 0.6 is 31.9 Å². The van der Waals surface area contributed by atoms with Crippen molar-refractivity contribution in [3.63, 3.8) is 0 Å². The number of amides is 2. The van der Waals surface area contributed by atoms with Crippen LogP contribution < -0.4 is 10.6 Å². The molecular formula is C24H16Br2N2O2. The van der Waals surface area contributed by atoms with Gasteiger partial charge < -0.3 is 10.6 Å². The van der Waals surface area contributed by atoms with E-state index in [0.717, 1.165) is 19.7 Å². The van der Waals surface area contributed by atoms with E-state index in [0.29, 0.717) is 22.5 Å². The molecule has 4 rings (SSSR count). The Hall–Kier alpha value is -2.96. The number of carbonyl (C=O) groups is 2. The van der Waals surface area contributed by atoms with Crippen molar-refractivity contribution in [3.05, 3.63) is 105 Å². The zero-order valence-electron chi connectivity index (χ0n) is 15.7. The van der Waals surface area contributed by atoms with Crippen molar-refractivity contribution in [2.45, 2.75) is 0 Å². The summed E-state index contributed by atoms with van der Waals surface area (Å²) in [6.07, 6.45) is 0. The standard InChI is InChI=1S/C24H16Br2N2O2/c25-17-12-14-20(28-24(30)16-9-5-2-6-10-16)22-18(26)11-13-19(21(17)22)27-23(29)15-7-3-1-4-8-15/h1-14H,(H,27,29)(H,28,30). The number of rotatable bonds is 4. The number of hydrogen-bond acceptors (Lipinski definition) is 2. The van der Waals surface area contributed by atoms with Crippen LogP contribution in [0.15, 0.2) is 93.9 Å². The van der Waals surface area contributed by atoms with Crippen molar-refractivity contribution in [3.8, 4) is 0 Å². The largest absolute Gasteiger partial charge is 0.321 e. The van der Waals surface area contributed by atoms with Crippen LogP contribution in [-0.2, 0) is 0 Å². The molecule has 0 bridgehead atoms. The Morgan fingerprint density at radius 2 is 0.900 bits per heavy atom. The molecule has 0 aliphatic rings. The average Bonchev–Trinajstić information content (AvgIpc) is 2.78. The molecule has 4 aromatic carbocycles. The quantitative estimate of drug-likeness (QED) is 0.306. The molecule has 0 unspecified atom stereocenters. The first-order valence-electron chi connectivity index (χ1n) is 9.18. The Kier molecular flexibility index (Phi) is 5.97. The van der Waals surface area contributed by atoms with Crippen LogP contribution in [0.1, 0.15) is 20.7 Å². The Labute approximate surface area is 190 Å². The first-order chi connectivity index (χ1) is 14.5. The number of halogens is 2. The predicted octanol–water partition coefficient (Wildman–Crippen LogP) is 6.87. The average molecular weight is 524 g/mol. The van der Waals surface area contributed by atoms with Gasteiger partial charge in [0.15, 0.2) is 0 Å². The molecule has 0 atom stereocenters. The molecule has 2 N–H and O–H groups in total. The Morgan fingerprint density at radius 3 is 1.27 bits per heavy atom. The second-order valence-corrected chi connectivity index (χ2v) is 8.29. The molecule has 0 saturated carbocycles. The van der Waals surface area contributed by atoms with Gasteiger partial charge in [-0.2, -0.15) is 0 Å². The number of carbonyl (C=O) groups excluding carboxylic acids is 2. The van der Waals surface area contributed by atoms with Gasteiger partial charge in [-0.3, -0.25) is 9.59 Å². The Balaban J connectivity index is 1.75. The van der Waals surface area contributed by atoms with Crippen LogP contribution in [0.25, 0.3) is 10.8 Å². The lowest BCUT2D eigenvalue weighted by atomic mass is 10.1.